The van der Waals surface area contributed by atoms with Gasteiger partial charge in [0.2, 0.25) is 0 Å². The maximum absolute atomic E-state index is 13.7. The van der Waals surface area contributed by atoms with Gasteiger partial charge in [-0.3, -0.25) is 25.0 Å². The number of benzene rings is 1. The number of aromatic amines is 1. The highest BCUT2D eigenvalue weighted by molar-refractivity contribution is 7.17. The number of anilines is 1. The van der Waals surface area contributed by atoms with Gasteiger partial charge in [-0.05, 0) is 51.8 Å². The third-order valence-electron chi connectivity index (χ3n) is 7.59. The molecule has 2 fully saturated rings. The number of hydrazine groups is 1. The van der Waals surface area contributed by atoms with Crippen LogP contribution in [0.2, 0.25) is 0 Å². The Kier molecular flexibility index (Phi) is 8.59. The fourth-order valence-corrected chi connectivity index (χ4v) is 6.31. The Morgan fingerprint density at radius 2 is 1.80 bits per heavy atom. The van der Waals surface area contributed by atoms with E-state index in [-0.39, 0.29) is 17.7 Å². The van der Waals surface area contributed by atoms with Crippen LogP contribution < -0.4 is 16.1 Å². The van der Waals surface area contributed by atoms with E-state index in [0.29, 0.717) is 95.8 Å². The van der Waals surface area contributed by atoms with Crippen molar-refractivity contribution in [1.29, 1.82) is 0 Å². The molecule has 1 aromatic carbocycles. The van der Waals surface area contributed by atoms with Crippen molar-refractivity contribution in [3.63, 3.8) is 0 Å². The quantitative estimate of drug-likeness (QED) is 0.182. The van der Waals surface area contributed by atoms with Gasteiger partial charge >= 0.3 is 12.1 Å². The first-order valence-corrected chi connectivity index (χ1v) is 15.6. The molecule has 4 N–H and O–H groups in total. The number of thiophene rings is 1. The standard InChI is InChI=1S/C30H35N7O7S/c1-30(2,3)44-43-29(41)36-11-9-17(10-12-36)31-27(39)21-8-7-20(45-21)25-23-24(33-34-25)18-5-4-6-19(22(18)26(23)38)32-28(40)35-37-13-15-42-16-14-37/h4-8,17H,9-16H2,1-3H3,(H,31,39)(H,33,34)(H2,32,35,40). The SMILES string of the molecule is CC(C)(C)OOC(=O)N1CCC(NC(=O)c2ccc(-c3[nH]nc4c3C(=O)c3c(NC(=O)NN5CCOCC5)cccc3-4)s2)CC1. The van der Waals surface area contributed by atoms with E-state index in [1.807, 2.05) is 0 Å². The molecule has 0 bridgehead atoms. The van der Waals surface area contributed by atoms with Gasteiger partial charge in [0.05, 0.1) is 45.5 Å². The van der Waals surface area contributed by atoms with E-state index in [4.69, 9.17) is 14.5 Å². The number of hydrogen-bond acceptors (Lipinski definition) is 10. The fourth-order valence-electron chi connectivity index (χ4n) is 5.40. The first-order chi connectivity index (χ1) is 21.6. The van der Waals surface area contributed by atoms with Crippen molar-refractivity contribution in [3.05, 3.63) is 46.3 Å². The van der Waals surface area contributed by atoms with Crippen LogP contribution in [0.5, 0.6) is 0 Å². The van der Waals surface area contributed by atoms with Crippen molar-refractivity contribution in [3.8, 4) is 21.8 Å². The zero-order valence-corrected chi connectivity index (χ0v) is 26.0. The molecule has 238 valence electrons. The number of ether oxygens (including phenoxy) is 1. The number of nitrogens with zero attached hydrogens (tertiary/aromatic N) is 3. The second-order valence-corrected chi connectivity index (χ2v) is 13.1. The van der Waals surface area contributed by atoms with E-state index in [9.17, 15) is 19.2 Å². The molecule has 0 spiro atoms. The smallest absolute Gasteiger partial charge is 0.379 e. The van der Waals surface area contributed by atoms with Gasteiger partial charge in [-0.2, -0.15) is 9.99 Å². The molecule has 3 aromatic rings. The summed E-state index contributed by atoms with van der Waals surface area (Å²) in [6.07, 6.45) is 0.618. The maximum atomic E-state index is 13.7. The lowest BCUT2D eigenvalue weighted by atomic mass is 10.1. The van der Waals surface area contributed by atoms with Crippen molar-refractivity contribution in [2.45, 2.75) is 45.3 Å². The number of H-pyrrole nitrogens is 1. The summed E-state index contributed by atoms with van der Waals surface area (Å²) in [7, 11) is 0. The molecule has 1 aliphatic carbocycles. The summed E-state index contributed by atoms with van der Waals surface area (Å²) >= 11 is 1.25. The molecule has 2 aromatic heterocycles. The maximum Gasteiger partial charge on any atom is 0.441 e. The summed E-state index contributed by atoms with van der Waals surface area (Å²) in [5.41, 5.74) is 4.99. The second kappa shape index (κ2) is 12.6. The van der Waals surface area contributed by atoms with Crippen LogP contribution in [0.15, 0.2) is 30.3 Å². The van der Waals surface area contributed by atoms with E-state index in [1.54, 1.807) is 61.0 Å². The number of aromatic nitrogens is 2. The van der Waals surface area contributed by atoms with Crippen LogP contribution in [-0.2, 0) is 14.5 Å². The predicted molar refractivity (Wildman–Crippen MR) is 165 cm³/mol. The van der Waals surface area contributed by atoms with E-state index in [0.717, 1.165) is 0 Å². The van der Waals surface area contributed by atoms with Crippen LogP contribution in [0.4, 0.5) is 15.3 Å². The number of morpholine rings is 1. The van der Waals surface area contributed by atoms with Gasteiger partial charge in [-0.1, -0.05) is 12.1 Å². The zero-order valence-electron chi connectivity index (χ0n) is 25.2. The summed E-state index contributed by atoms with van der Waals surface area (Å²) in [5.74, 6) is -0.490. The fraction of sp³-hybridized carbons (Fsp3) is 0.433. The lowest BCUT2D eigenvalue weighted by molar-refractivity contribution is -0.305. The van der Waals surface area contributed by atoms with E-state index in [2.05, 4.69) is 26.3 Å². The molecule has 0 saturated carbocycles. The Bertz CT molecular complexity index is 1610. The van der Waals surface area contributed by atoms with Crippen molar-refractivity contribution < 1.29 is 33.7 Å². The minimum absolute atomic E-state index is 0.102. The largest absolute Gasteiger partial charge is 0.441 e. The number of fused-ring (bicyclic) bond motifs is 3. The molecule has 2 aliphatic heterocycles. The van der Waals surface area contributed by atoms with Gasteiger partial charge in [0.25, 0.3) is 5.91 Å². The monoisotopic (exact) mass is 637 g/mol. The number of ketones is 1. The third-order valence-corrected chi connectivity index (χ3v) is 8.69. The highest BCUT2D eigenvalue weighted by Gasteiger charge is 2.36. The number of amides is 4. The number of hydrogen-bond donors (Lipinski definition) is 4. The van der Waals surface area contributed by atoms with Gasteiger partial charge in [-0.15, -0.1) is 11.3 Å². The minimum atomic E-state index is -0.601. The van der Waals surface area contributed by atoms with Crippen LogP contribution in [0.25, 0.3) is 21.8 Å². The normalized spacial score (nSPS) is 17.0. The topological polar surface area (TPSA) is 167 Å². The average molecular weight is 638 g/mol. The van der Waals surface area contributed by atoms with E-state index in [1.165, 1.54) is 11.3 Å². The Morgan fingerprint density at radius 3 is 2.53 bits per heavy atom. The molecule has 6 rings (SSSR count). The van der Waals surface area contributed by atoms with Crippen LogP contribution in [0.3, 0.4) is 0 Å². The molecular weight excluding hydrogens is 602 g/mol. The molecule has 14 nitrogen and oxygen atoms in total. The van der Waals surface area contributed by atoms with Crippen molar-refractivity contribution >= 4 is 40.8 Å². The molecule has 15 heteroatoms. The van der Waals surface area contributed by atoms with Gasteiger partial charge in [0.15, 0.2) is 5.78 Å². The first-order valence-electron chi connectivity index (χ1n) is 14.8. The van der Waals surface area contributed by atoms with Crippen LogP contribution in [0.1, 0.15) is 59.2 Å². The number of carbonyl (C=O) groups excluding carboxylic acids is 4. The lowest BCUT2D eigenvalue weighted by Crippen LogP contribution is -2.49. The third kappa shape index (κ3) is 6.71. The lowest BCUT2D eigenvalue weighted by Gasteiger charge is -2.31. The predicted octanol–water partition coefficient (Wildman–Crippen LogP) is 3.78. The Labute approximate surface area is 263 Å². The van der Waals surface area contributed by atoms with Crippen LogP contribution >= 0.6 is 11.3 Å². The summed E-state index contributed by atoms with van der Waals surface area (Å²) < 4.78 is 5.31. The number of urea groups is 1. The summed E-state index contributed by atoms with van der Waals surface area (Å²) in [4.78, 5) is 64.6. The molecule has 0 radical (unpaired) electrons. The number of nitrogens with one attached hydrogen (secondary N) is 4. The van der Waals surface area contributed by atoms with Crippen molar-refractivity contribution in [1.82, 2.24) is 30.8 Å². The number of carbonyl (C=O) groups is 4. The number of rotatable bonds is 6. The molecule has 3 aliphatic rings. The van der Waals surface area contributed by atoms with E-state index < -0.39 is 17.7 Å². The molecule has 2 saturated heterocycles. The van der Waals surface area contributed by atoms with Crippen molar-refractivity contribution in [2.75, 3.05) is 44.7 Å². The number of likely N-dealkylation sites (tertiary alicyclic amines) is 1. The summed E-state index contributed by atoms with van der Waals surface area (Å²) in [5, 5.41) is 15.0. The van der Waals surface area contributed by atoms with E-state index >= 15 is 0 Å². The van der Waals surface area contributed by atoms with Crippen LogP contribution in [0, 0.1) is 0 Å². The number of piperidine rings is 1. The molecule has 0 unspecified atom stereocenters. The van der Waals surface area contributed by atoms with Gasteiger partial charge in [0, 0.05) is 37.8 Å². The van der Waals surface area contributed by atoms with Gasteiger partial charge in [-0.25, -0.2) is 14.6 Å². The van der Waals surface area contributed by atoms with Gasteiger partial charge in [0.1, 0.15) is 11.3 Å². The zero-order chi connectivity index (χ0) is 31.7. The Hall–Kier alpha value is -4.31. The molecule has 4 heterocycles. The summed E-state index contributed by atoms with van der Waals surface area (Å²) in [6, 6.07) is 8.20. The average Bonchev–Trinajstić information content (AvgIpc) is 3.74. The first kappa shape index (κ1) is 30.7. The Balaban J connectivity index is 1.09. The minimum Gasteiger partial charge on any atom is -0.379 e. The van der Waals surface area contributed by atoms with Crippen molar-refractivity contribution in [2.24, 2.45) is 0 Å². The molecule has 0 atom stereocenters. The Morgan fingerprint density at radius 1 is 1.04 bits per heavy atom. The second-order valence-electron chi connectivity index (χ2n) is 12.0. The highest BCUT2D eigenvalue weighted by atomic mass is 32.1. The van der Waals surface area contributed by atoms with Gasteiger partial charge < -0.3 is 20.3 Å². The molecular formula is C30H35N7O7S. The highest BCUT2D eigenvalue weighted by Crippen LogP contribution is 2.44. The van der Waals surface area contributed by atoms with Crippen LogP contribution in [-0.4, -0.2) is 95.0 Å². The summed E-state index contributed by atoms with van der Waals surface area (Å²) in [6.45, 7) is 8.44. The molecule has 45 heavy (non-hydrogen) atoms. The molecule has 4 amide bonds.